The van der Waals surface area contributed by atoms with Crippen molar-refractivity contribution < 1.29 is 14.6 Å². The van der Waals surface area contributed by atoms with E-state index < -0.39 is 0 Å². The summed E-state index contributed by atoms with van der Waals surface area (Å²) < 4.78 is 5.56. The highest BCUT2D eigenvalue weighted by atomic mass is 16.5. The lowest BCUT2D eigenvalue weighted by Crippen LogP contribution is -2.46. The molecule has 2 unspecified atom stereocenters. The predicted molar refractivity (Wildman–Crippen MR) is 56.3 cm³/mol. The quantitative estimate of drug-likeness (QED) is 0.434. The minimum absolute atomic E-state index is 0.196. The number of hydrogen-bond donors (Lipinski definition) is 3. The van der Waals surface area contributed by atoms with Gasteiger partial charge in [0.2, 0.25) is 0 Å². The van der Waals surface area contributed by atoms with Crippen molar-refractivity contribution in [3.8, 4) is 0 Å². The summed E-state index contributed by atoms with van der Waals surface area (Å²) in [6.07, 6.45) is 2.10. The summed E-state index contributed by atoms with van der Waals surface area (Å²) in [4.78, 5) is 10.0. The van der Waals surface area contributed by atoms with Gasteiger partial charge in [0.05, 0.1) is 12.7 Å². The molecule has 1 saturated heterocycles. The third-order valence-corrected chi connectivity index (χ3v) is 2.50. The fourth-order valence-electron chi connectivity index (χ4n) is 1.59. The molecular weight excluding hydrogens is 196 g/mol. The second kappa shape index (κ2) is 6.58. The van der Waals surface area contributed by atoms with Crippen molar-refractivity contribution in [1.82, 2.24) is 5.32 Å². The van der Waals surface area contributed by atoms with Gasteiger partial charge in [0.25, 0.3) is 0 Å². The molecule has 0 aromatic rings. The van der Waals surface area contributed by atoms with Crippen molar-refractivity contribution in [3.63, 3.8) is 0 Å². The molecular formula is C10H18N2O3. The topological polar surface area (TPSA) is 84.6 Å². The summed E-state index contributed by atoms with van der Waals surface area (Å²) in [6.45, 7) is 2.02. The number of carbonyl (C=O) groups excluding carboxylic acids is 1. The first kappa shape index (κ1) is 12.2. The van der Waals surface area contributed by atoms with Crippen molar-refractivity contribution in [2.75, 3.05) is 19.7 Å². The molecule has 1 fully saturated rings. The number of rotatable bonds is 5. The summed E-state index contributed by atoms with van der Waals surface area (Å²) in [5.41, 5.74) is 5.42. The Morgan fingerprint density at radius 2 is 2.40 bits per heavy atom. The number of hydrogen-bond acceptors (Lipinski definition) is 5. The van der Waals surface area contributed by atoms with Crippen molar-refractivity contribution in [1.29, 1.82) is 0 Å². The van der Waals surface area contributed by atoms with E-state index in [4.69, 9.17) is 15.6 Å². The molecule has 0 aromatic heterocycles. The zero-order chi connectivity index (χ0) is 11.1. The Morgan fingerprint density at radius 3 is 2.93 bits per heavy atom. The van der Waals surface area contributed by atoms with Crippen molar-refractivity contribution >= 4 is 5.94 Å². The normalized spacial score (nSPS) is 25.9. The summed E-state index contributed by atoms with van der Waals surface area (Å²) >= 11 is 0. The van der Waals surface area contributed by atoms with E-state index in [0.29, 0.717) is 26.0 Å². The molecule has 2 atom stereocenters. The standard InChI is InChI=1S/C10H18N2O3/c11-4-3-10-5-12-8(7-15-10)1-2-9(14)6-13/h8,10,12,14H,1-5,7,11H2. The van der Waals surface area contributed by atoms with Crippen molar-refractivity contribution in [2.24, 2.45) is 5.73 Å². The average molecular weight is 214 g/mol. The highest BCUT2D eigenvalue weighted by Crippen LogP contribution is 2.09. The lowest BCUT2D eigenvalue weighted by atomic mass is 10.1. The highest BCUT2D eigenvalue weighted by Gasteiger charge is 2.20. The maximum absolute atomic E-state index is 10.0. The van der Waals surface area contributed by atoms with Crippen molar-refractivity contribution in [2.45, 2.75) is 31.4 Å². The van der Waals surface area contributed by atoms with Gasteiger partial charge in [-0.15, -0.1) is 0 Å². The van der Waals surface area contributed by atoms with Gasteiger partial charge in [-0.05, 0) is 19.4 Å². The van der Waals surface area contributed by atoms with Gasteiger partial charge >= 0.3 is 0 Å². The van der Waals surface area contributed by atoms with Gasteiger partial charge in [-0.2, -0.15) is 0 Å². The molecule has 0 saturated carbocycles. The lowest BCUT2D eigenvalue weighted by Gasteiger charge is -2.30. The molecule has 0 spiro atoms. The predicted octanol–water partition coefficient (Wildman–Crippen LogP) is -0.254. The lowest BCUT2D eigenvalue weighted by molar-refractivity contribution is -0.000684. The number of aliphatic hydroxyl groups excluding tert-OH is 1. The Labute approximate surface area is 89.3 Å². The molecule has 0 aliphatic carbocycles. The molecule has 1 aliphatic heterocycles. The first-order valence-electron chi connectivity index (χ1n) is 5.24. The second-order valence-corrected chi connectivity index (χ2v) is 3.73. The Hall–Kier alpha value is -0.870. The zero-order valence-electron chi connectivity index (χ0n) is 8.74. The van der Waals surface area contributed by atoms with E-state index in [-0.39, 0.29) is 17.9 Å². The van der Waals surface area contributed by atoms with Crippen LogP contribution in [0.3, 0.4) is 0 Å². The minimum atomic E-state index is -0.221. The summed E-state index contributed by atoms with van der Waals surface area (Å²) in [5.74, 6) is 1.25. The molecule has 1 heterocycles. The fraction of sp³-hybridized carbons (Fsp3) is 0.800. The van der Waals surface area contributed by atoms with E-state index in [1.807, 2.05) is 0 Å². The van der Waals surface area contributed by atoms with E-state index in [1.54, 1.807) is 0 Å². The number of nitrogens with one attached hydrogen (secondary N) is 1. The molecule has 1 aliphatic rings. The van der Waals surface area contributed by atoms with Crippen LogP contribution in [0.25, 0.3) is 0 Å². The van der Waals surface area contributed by atoms with Crippen molar-refractivity contribution in [3.05, 3.63) is 5.76 Å². The SMILES string of the molecule is NCCC1CNC(CCC(O)=C=O)CO1. The third-order valence-electron chi connectivity index (χ3n) is 2.50. The van der Waals surface area contributed by atoms with Gasteiger partial charge in [-0.25, -0.2) is 4.79 Å². The smallest absolute Gasteiger partial charge is 0.176 e. The van der Waals surface area contributed by atoms with E-state index in [0.717, 1.165) is 13.0 Å². The molecule has 4 N–H and O–H groups in total. The van der Waals surface area contributed by atoms with Crippen LogP contribution in [0, 0.1) is 0 Å². The average Bonchev–Trinajstić information content (AvgIpc) is 2.28. The molecule has 5 nitrogen and oxygen atoms in total. The molecule has 86 valence electrons. The Balaban J connectivity index is 2.17. The Morgan fingerprint density at radius 1 is 1.60 bits per heavy atom. The van der Waals surface area contributed by atoms with Crippen LogP contribution in [-0.2, 0) is 9.53 Å². The molecule has 0 radical (unpaired) electrons. The second-order valence-electron chi connectivity index (χ2n) is 3.73. The summed E-state index contributed by atoms with van der Waals surface area (Å²) in [7, 11) is 0. The maximum atomic E-state index is 10.0. The van der Waals surface area contributed by atoms with Gasteiger partial charge in [0.1, 0.15) is 0 Å². The number of nitrogens with two attached hydrogens (primary N) is 1. The fourth-order valence-corrected chi connectivity index (χ4v) is 1.59. The third kappa shape index (κ3) is 4.44. The van der Waals surface area contributed by atoms with Gasteiger partial charge in [0, 0.05) is 19.0 Å². The molecule has 1 rings (SSSR count). The van der Waals surface area contributed by atoms with Gasteiger partial charge in [-0.1, -0.05) is 0 Å². The van der Waals surface area contributed by atoms with Gasteiger partial charge in [0.15, 0.2) is 11.7 Å². The maximum Gasteiger partial charge on any atom is 0.176 e. The summed E-state index contributed by atoms with van der Waals surface area (Å²) in [6, 6.07) is 0.203. The Kier molecular flexibility index (Phi) is 5.36. The number of aliphatic hydroxyl groups is 1. The number of ether oxygens (including phenoxy) is 1. The number of morpholine rings is 1. The van der Waals surface area contributed by atoms with Crippen LogP contribution in [0.15, 0.2) is 5.76 Å². The molecule has 0 amide bonds. The van der Waals surface area contributed by atoms with E-state index >= 15 is 0 Å². The van der Waals surface area contributed by atoms with E-state index in [2.05, 4.69) is 5.32 Å². The van der Waals surface area contributed by atoms with Gasteiger partial charge < -0.3 is 20.9 Å². The van der Waals surface area contributed by atoms with E-state index in [1.165, 1.54) is 5.94 Å². The highest BCUT2D eigenvalue weighted by molar-refractivity contribution is 5.48. The van der Waals surface area contributed by atoms with Crippen LogP contribution >= 0.6 is 0 Å². The first-order valence-corrected chi connectivity index (χ1v) is 5.24. The zero-order valence-corrected chi connectivity index (χ0v) is 8.74. The van der Waals surface area contributed by atoms with Crippen LogP contribution in [0.5, 0.6) is 0 Å². The molecule has 5 heteroatoms. The largest absolute Gasteiger partial charge is 0.502 e. The first-order chi connectivity index (χ1) is 7.26. The van der Waals surface area contributed by atoms with Crippen LogP contribution in [0.1, 0.15) is 19.3 Å². The molecule has 0 bridgehead atoms. The van der Waals surface area contributed by atoms with Crippen LogP contribution in [0.2, 0.25) is 0 Å². The van der Waals surface area contributed by atoms with E-state index in [9.17, 15) is 4.79 Å². The van der Waals surface area contributed by atoms with Crippen LogP contribution < -0.4 is 11.1 Å². The molecule has 0 aromatic carbocycles. The Bertz CT molecular complexity index is 231. The van der Waals surface area contributed by atoms with Gasteiger partial charge in [-0.3, -0.25) is 0 Å². The van der Waals surface area contributed by atoms with Crippen LogP contribution in [0.4, 0.5) is 0 Å². The number of allylic oxidation sites excluding steroid dienone is 1. The minimum Gasteiger partial charge on any atom is -0.502 e. The monoisotopic (exact) mass is 214 g/mol. The van der Waals surface area contributed by atoms with Crippen LogP contribution in [-0.4, -0.2) is 42.9 Å². The molecule has 15 heavy (non-hydrogen) atoms. The summed E-state index contributed by atoms with van der Waals surface area (Å²) in [5, 5.41) is 12.2.